The van der Waals surface area contributed by atoms with Gasteiger partial charge in [-0.3, -0.25) is 0 Å². The number of ether oxygens (including phenoxy) is 1. The van der Waals surface area contributed by atoms with Gasteiger partial charge in [0.2, 0.25) is 0 Å². The SMILES string of the molecule is CCCCOc1ccc(Sc2ccc(C=CCN(C)C)cc2)cc1. The molecule has 2 nitrogen and oxygen atoms in total. The third kappa shape index (κ3) is 6.81. The lowest BCUT2D eigenvalue weighted by molar-refractivity contribution is 0.309. The molecular formula is C21H27NOS. The zero-order valence-electron chi connectivity index (χ0n) is 14.9. The molecule has 0 spiro atoms. The van der Waals surface area contributed by atoms with Crippen LogP contribution in [0.15, 0.2) is 64.4 Å². The number of rotatable bonds is 9. The van der Waals surface area contributed by atoms with Crippen molar-refractivity contribution in [1.82, 2.24) is 4.90 Å². The Hall–Kier alpha value is -1.71. The molecule has 2 aromatic rings. The summed E-state index contributed by atoms with van der Waals surface area (Å²) in [5, 5.41) is 0. The summed E-state index contributed by atoms with van der Waals surface area (Å²) in [4.78, 5) is 4.63. The zero-order valence-corrected chi connectivity index (χ0v) is 15.7. The van der Waals surface area contributed by atoms with Crippen molar-refractivity contribution in [3.63, 3.8) is 0 Å². The van der Waals surface area contributed by atoms with E-state index in [-0.39, 0.29) is 0 Å². The first-order valence-electron chi connectivity index (χ1n) is 8.49. The monoisotopic (exact) mass is 341 g/mol. The molecule has 0 heterocycles. The van der Waals surface area contributed by atoms with Gasteiger partial charge in [-0.1, -0.05) is 49.4 Å². The van der Waals surface area contributed by atoms with E-state index in [1.54, 1.807) is 11.8 Å². The number of likely N-dealkylation sites (N-methyl/N-ethyl adjacent to an activating group) is 1. The van der Waals surface area contributed by atoms with Crippen molar-refractivity contribution in [2.45, 2.75) is 29.6 Å². The Kier molecular flexibility index (Phi) is 7.93. The van der Waals surface area contributed by atoms with Crippen LogP contribution in [0, 0.1) is 0 Å². The molecule has 0 aromatic heterocycles. The van der Waals surface area contributed by atoms with Crippen LogP contribution in [0.3, 0.4) is 0 Å². The van der Waals surface area contributed by atoms with Crippen LogP contribution in [0.1, 0.15) is 25.3 Å². The van der Waals surface area contributed by atoms with Crippen molar-refractivity contribution in [1.29, 1.82) is 0 Å². The number of benzene rings is 2. The van der Waals surface area contributed by atoms with Gasteiger partial charge in [-0.15, -0.1) is 0 Å². The van der Waals surface area contributed by atoms with Crippen LogP contribution < -0.4 is 4.74 Å². The highest BCUT2D eigenvalue weighted by atomic mass is 32.2. The molecule has 24 heavy (non-hydrogen) atoms. The predicted octanol–water partition coefficient (Wildman–Crippen LogP) is 5.59. The Bertz CT molecular complexity index is 617. The maximum absolute atomic E-state index is 5.70. The molecule has 0 unspecified atom stereocenters. The molecule has 0 fully saturated rings. The Balaban J connectivity index is 1.87. The normalized spacial score (nSPS) is 11.3. The summed E-state index contributed by atoms with van der Waals surface area (Å²) in [7, 11) is 4.15. The molecule has 0 aliphatic heterocycles. The van der Waals surface area contributed by atoms with Gasteiger partial charge in [-0.25, -0.2) is 0 Å². The Morgan fingerprint density at radius 3 is 2.17 bits per heavy atom. The Morgan fingerprint density at radius 2 is 1.58 bits per heavy atom. The summed E-state index contributed by atoms with van der Waals surface area (Å²) in [6.07, 6.45) is 6.61. The molecule has 2 rings (SSSR count). The second-order valence-electron chi connectivity index (χ2n) is 6.01. The predicted molar refractivity (Wildman–Crippen MR) is 105 cm³/mol. The maximum Gasteiger partial charge on any atom is 0.119 e. The van der Waals surface area contributed by atoms with Crippen LogP contribution in [0.5, 0.6) is 5.75 Å². The number of unbranched alkanes of at least 4 members (excludes halogenated alkanes) is 1. The highest BCUT2D eigenvalue weighted by molar-refractivity contribution is 7.99. The van der Waals surface area contributed by atoms with E-state index < -0.39 is 0 Å². The molecule has 128 valence electrons. The van der Waals surface area contributed by atoms with E-state index in [1.165, 1.54) is 15.4 Å². The van der Waals surface area contributed by atoms with E-state index >= 15 is 0 Å². The summed E-state index contributed by atoms with van der Waals surface area (Å²) >= 11 is 1.77. The molecule has 0 bridgehead atoms. The van der Waals surface area contributed by atoms with Gasteiger partial charge < -0.3 is 9.64 Å². The van der Waals surface area contributed by atoms with Crippen LogP contribution in [0.2, 0.25) is 0 Å². The van der Waals surface area contributed by atoms with Gasteiger partial charge in [0.1, 0.15) is 5.75 Å². The standard InChI is InChI=1S/C21H27NOS/c1-4-5-17-23-19-10-14-21(15-11-19)24-20-12-8-18(9-13-20)7-6-16-22(2)3/h6-15H,4-5,16-17H2,1-3H3. The van der Waals surface area contributed by atoms with E-state index in [0.29, 0.717) is 0 Å². The highest BCUT2D eigenvalue weighted by Gasteiger charge is 1.99. The lowest BCUT2D eigenvalue weighted by Crippen LogP contribution is -2.10. The van der Waals surface area contributed by atoms with Crippen LogP contribution >= 0.6 is 11.8 Å². The zero-order chi connectivity index (χ0) is 17.2. The van der Waals surface area contributed by atoms with Gasteiger partial charge in [-0.05, 0) is 62.5 Å². The van der Waals surface area contributed by atoms with Gasteiger partial charge >= 0.3 is 0 Å². The van der Waals surface area contributed by atoms with E-state index in [9.17, 15) is 0 Å². The summed E-state index contributed by atoms with van der Waals surface area (Å²) in [5.41, 5.74) is 1.24. The maximum atomic E-state index is 5.70. The van der Waals surface area contributed by atoms with Crippen molar-refractivity contribution < 1.29 is 4.74 Å². The lowest BCUT2D eigenvalue weighted by Gasteiger charge is -2.07. The van der Waals surface area contributed by atoms with Crippen LogP contribution in [-0.2, 0) is 0 Å². The molecule has 2 aromatic carbocycles. The topological polar surface area (TPSA) is 12.5 Å². The molecule has 0 aliphatic rings. The summed E-state index contributed by atoms with van der Waals surface area (Å²) < 4.78 is 5.70. The van der Waals surface area contributed by atoms with E-state index in [2.05, 4.69) is 86.6 Å². The third-order valence-corrected chi connectivity index (χ3v) is 4.50. The Morgan fingerprint density at radius 1 is 0.958 bits per heavy atom. The van der Waals surface area contributed by atoms with Gasteiger partial charge in [0, 0.05) is 16.3 Å². The first-order valence-corrected chi connectivity index (χ1v) is 9.31. The largest absolute Gasteiger partial charge is 0.494 e. The fourth-order valence-electron chi connectivity index (χ4n) is 2.12. The smallest absolute Gasteiger partial charge is 0.119 e. The third-order valence-electron chi connectivity index (χ3n) is 3.49. The quantitative estimate of drug-likeness (QED) is 0.552. The minimum absolute atomic E-state index is 0.797. The molecule has 0 radical (unpaired) electrons. The van der Waals surface area contributed by atoms with Crippen molar-refractivity contribution in [3.8, 4) is 5.75 Å². The first kappa shape index (κ1) is 18.6. The van der Waals surface area contributed by atoms with Crippen LogP contribution in [0.25, 0.3) is 6.08 Å². The number of nitrogens with zero attached hydrogens (tertiary/aromatic N) is 1. The van der Waals surface area contributed by atoms with Gasteiger partial charge in [0.05, 0.1) is 6.61 Å². The lowest BCUT2D eigenvalue weighted by atomic mass is 10.2. The van der Waals surface area contributed by atoms with Crippen molar-refractivity contribution in [2.75, 3.05) is 27.2 Å². The van der Waals surface area contributed by atoms with Crippen molar-refractivity contribution in [3.05, 3.63) is 60.2 Å². The molecular weight excluding hydrogens is 314 g/mol. The average Bonchev–Trinajstić information content (AvgIpc) is 2.58. The van der Waals surface area contributed by atoms with Gasteiger partial charge in [-0.2, -0.15) is 0 Å². The summed E-state index contributed by atoms with van der Waals surface area (Å²) in [6.45, 7) is 3.93. The fourth-order valence-corrected chi connectivity index (χ4v) is 2.94. The molecule has 0 atom stereocenters. The van der Waals surface area contributed by atoms with Crippen LogP contribution in [-0.4, -0.2) is 32.1 Å². The van der Waals surface area contributed by atoms with E-state index in [4.69, 9.17) is 4.74 Å². The molecule has 3 heteroatoms. The van der Waals surface area contributed by atoms with Crippen molar-refractivity contribution >= 4 is 17.8 Å². The van der Waals surface area contributed by atoms with Crippen molar-refractivity contribution in [2.24, 2.45) is 0 Å². The second-order valence-corrected chi connectivity index (χ2v) is 7.16. The van der Waals surface area contributed by atoms with E-state index in [1.807, 2.05) is 0 Å². The molecule has 0 saturated carbocycles. The average molecular weight is 342 g/mol. The fraction of sp³-hybridized carbons (Fsp3) is 0.333. The molecule has 0 aliphatic carbocycles. The highest BCUT2D eigenvalue weighted by Crippen LogP contribution is 2.29. The summed E-state index contributed by atoms with van der Waals surface area (Å²) in [6, 6.07) is 17.0. The second kappa shape index (κ2) is 10.2. The first-order chi connectivity index (χ1) is 11.7. The minimum atomic E-state index is 0.797. The number of hydrogen-bond donors (Lipinski definition) is 0. The van der Waals surface area contributed by atoms with Gasteiger partial charge in [0.15, 0.2) is 0 Å². The van der Waals surface area contributed by atoms with E-state index in [0.717, 1.165) is 31.7 Å². The van der Waals surface area contributed by atoms with Gasteiger partial charge in [0.25, 0.3) is 0 Å². The molecule has 0 amide bonds. The number of hydrogen-bond acceptors (Lipinski definition) is 3. The molecule has 0 N–H and O–H groups in total. The Labute approximate surface area is 150 Å². The summed E-state index contributed by atoms with van der Waals surface area (Å²) in [5.74, 6) is 0.953. The van der Waals surface area contributed by atoms with Crippen LogP contribution in [0.4, 0.5) is 0 Å². The minimum Gasteiger partial charge on any atom is -0.494 e. The molecule has 0 saturated heterocycles.